The van der Waals surface area contributed by atoms with Crippen LogP contribution >= 0.6 is 0 Å². The first kappa shape index (κ1) is 16.0. The molecule has 0 unspecified atom stereocenters. The first-order chi connectivity index (χ1) is 23.6. The van der Waals surface area contributed by atoms with Crippen molar-refractivity contribution in [2.45, 2.75) is 0 Å². The lowest BCUT2D eigenvalue weighted by Crippen LogP contribution is -1.91. The predicted molar refractivity (Wildman–Crippen MR) is 175 cm³/mol. The Balaban J connectivity index is 1.51. The predicted octanol–water partition coefficient (Wildman–Crippen LogP) is 11.5. The van der Waals surface area contributed by atoms with Gasteiger partial charge in [-0.1, -0.05) is 115 Å². The fourth-order valence-corrected chi connectivity index (χ4v) is 6.16. The van der Waals surface area contributed by atoms with Crippen molar-refractivity contribution in [3.63, 3.8) is 0 Å². The van der Waals surface area contributed by atoms with Crippen molar-refractivity contribution in [2.75, 3.05) is 0 Å². The van der Waals surface area contributed by atoms with Gasteiger partial charge in [0, 0.05) is 10.8 Å². The van der Waals surface area contributed by atoms with Crippen LogP contribution in [0.25, 0.3) is 87.3 Å². The molecule has 0 saturated heterocycles. The molecule has 190 valence electrons. The van der Waals surface area contributed by atoms with Crippen LogP contribution in [0, 0.1) is 0 Å². The lowest BCUT2D eigenvalue weighted by atomic mass is 9.85. The summed E-state index contributed by atoms with van der Waals surface area (Å²) in [6.07, 6.45) is 0. The summed E-state index contributed by atoms with van der Waals surface area (Å²) >= 11 is 0. The van der Waals surface area contributed by atoms with Crippen LogP contribution in [0.15, 0.2) is 150 Å². The van der Waals surface area contributed by atoms with Crippen molar-refractivity contribution in [3.8, 4) is 22.3 Å². The van der Waals surface area contributed by atoms with E-state index in [4.69, 9.17) is 9.90 Å². The van der Waals surface area contributed by atoms with Crippen molar-refractivity contribution in [2.24, 2.45) is 0 Å². The lowest BCUT2D eigenvalue weighted by molar-refractivity contribution is 0.669. The van der Waals surface area contributed by atoms with Crippen LogP contribution in [-0.2, 0) is 0 Å². The minimum Gasteiger partial charge on any atom is -0.456 e. The molecule has 0 amide bonds. The molecule has 0 fully saturated rings. The van der Waals surface area contributed by atoms with Crippen LogP contribution in [0.5, 0.6) is 0 Å². The Morgan fingerprint density at radius 2 is 0.878 bits per heavy atom. The minimum absolute atomic E-state index is 0.185. The summed E-state index contributed by atoms with van der Waals surface area (Å²) in [6.45, 7) is 0. The van der Waals surface area contributed by atoms with E-state index in [1.54, 1.807) is 6.07 Å². The van der Waals surface area contributed by atoms with Crippen molar-refractivity contribution in [3.05, 3.63) is 145 Å². The van der Waals surface area contributed by atoms with Crippen LogP contribution < -0.4 is 0 Å². The van der Waals surface area contributed by atoms with Gasteiger partial charge in [0.25, 0.3) is 0 Å². The van der Waals surface area contributed by atoms with Gasteiger partial charge < -0.3 is 4.42 Å². The number of hydrogen-bond acceptors (Lipinski definition) is 1. The highest BCUT2D eigenvalue weighted by molar-refractivity contribution is 6.22. The lowest BCUT2D eigenvalue weighted by Gasteiger charge is -2.18. The average Bonchev–Trinajstić information content (AvgIpc) is 3.48. The van der Waals surface area contributed by atoms with E-state index in [1.807, 2.05) is 84.9 Å². The third kappa shape index (κ3) is 3.36. The Bertz CT molecular complexity index is 2850. The molecule has 0 saturated carbocycles. The van der Waals surface area contributed by atoms with E-state index in [-0.39, 0.29) is 45.7 Å². The smallest absolute Gasteiger partial charge is 0.136 e. The fourth-order valence-electron chi connectivity index (χ4n) is 6.16. The Morgan fingerprint density at radius 1 is 0.390 bits per heavy atom. The van der Waals surface area contributed by atoms with E-state index in [9.17, 15) is 5.48 Å². The number of rotatable bonds is 2. The first-order valence-corrected chi connectivity index (χ1v) is 13.4. The van der Waals surface area contributed by atoms with E-state index in [0.717, 1.165) is 32.3 Å². The molecular weight excluding hydrogens is 496 g/mol. The van der Waals surface area contributed by atoms with Gasteiger partial charge in [-0.2, -0.15) is 0 Å². The molecule has 41 heavy (non-hydrogen) atoms. The largest absolute Gasteiger partial charge is 0.456 e. The first-order valence-electron chi connectivity index (χ1n) is 17.4. The van der Waals surface area contributed by atoms with Crippen LogP contribution in [0.4, 0.5) is 0 Å². The molecule has 9 aromatic rings. The maximum atomic E-state index is 9.25. The monoisotopic (exact) mass is 528 g/mol. The molecule has 0 radical (unpaired) electrons. The normalized spacial score (nSPS) is 14.6. The molecule has 1 nitrogen and oxygen atoms in total. The van der Waals surface area contributed by atoms with E-state index in [1.165, 1.54) is 0 Å². The summed E-state index contributed by atoms with van der Waals surface area (Å²) in [5, 5.41) is 6.30. The van der Waals surface area contributed by atoms with Crippen LogP contribution in [0.2, 0.25) is 0 Å². The second-order valence-electron chi connectivity index (χ2n) is 10.3. The Labute approximate surface area is 248 Å². The highest BCUT2D eigenvalue weighted by Gasteiger charge is 2.18. The average molecular weight is 529 g/mol. The van der Waals surface area contributed by atoms with E-state index in [0.29, 0.717) is 33.4 Å². The molecule has 0 aliphatic rings. The minimum atomic E-state index is -0.426. The molecule has 0 spiro atoms. The van der Waals surface area contributed by atoms with Crippen LogP contribution in [0.3, 0.4) is 0 Å². The van der Waals surface area contributed by atoms with Crippen molar-refractivity contribution in [1.82, 2.24) is 0 Å². The third-order valence-electron chi connectivity index (χ3n) is 8.04. The summed E-state index contributed by atoms with van der Waals surface area (Å²) in [5.41, 5.74) is 3.08. The fraction of sp³-hybridized carbons (Fsp3) is 0. The number of furan rings is 1. The molecule has 1 heteroatoms. The van der Waals surface area contributed by atoms with Gasteiger partial charge in [0.2, 0.25) is 0 Å². The quantitative estimate of drug-likeness (QED) is 0.203. The second kappa shape index (κ2) is 8.55. The second-order valence-corrected chi connectivity index (χ2v) is 10.3. The highest BCUT2D eigenvalue weighted by Crippen LogP contribution is 2.45. The summed E-state index contributed by atoms with van der Waals surface area (Å²) in [5.74, 6) is 0. The van der Waals surface area contributed by atoms with Crippen molar-refractivity contribution >= 4 is 65.0 Å². The molecule has 8 aromatic carbocycles. The summed E-state index contributed by atoms with van der Waals surface area (Å²) < 4.78 is 78.0. The van der Waals surface area contributed by atoms with Gasteiger partial charge in [0.15, 0.2) is 0 Å². The van der Waals surface area contributed by atoms with Gasteiger partial charge in [-0.15, -0.1) is 0 Å². The molecule has 0 N–H and O–H groups in total. The topological polar surface area (TPSA) is 13.1 Å². The van der Waals surface area contributed by atoms with Gasteiger partial charge in [0.05, 0.1) is 11.0 Å². The maximum Gasteiger partial charge on any atom is 0.136 e. The van der Waals surface area contributed by atoms with Crippen molar-refractivity contribution in [1.29, 1.82) is 0 Å². The highest BCUT2D eigenvalue weighted by atomic mass is 16.3. The maximum absolute atomic E-state index is 9.25. The molecule has 9 rings (SSSR count). The van der Waals surface area contributed by atoms with Crippen molar-refractivity contribution < 1.29 is 15.4 Å². The molecule has 1 heterocycles. The van der Waals surface area contributed by atoms with E-state index >= 15 is 0 Å². The molecule has 0 bridgehead atoms. The van der Waals surface area contributed by atoms with Gasteiger partial charge in [-0.05, 0) is 95.7 Å². The van der Waals surface area contributed by atoms with Gasteiger partial charge in [-0.25, -0.2) is 0 Å². The molecule has 1 aromatic heterocycles. The standard InChI is InChI=1S/C40H24O/c1-2-10-26-21-29(18-17-25(26)9-1)39-31-13-5-7-15-33(31)40(34-16-8-6-14-32(34)39)30-19-20-37-35(23-30)36-22-27-11-3-4-12-28(27)24-38(36)41-37/h1-24H/i5D,6D,7D,8D,13D,14D,15D,16D. The van der Waals surface area contributed by atoms with Crippen LogP contribution in [0.1, 0.15) is 11.0 Å². The summed E-state index contributed by atoms with van der Waals surface area (Å²) in [7, 11) is 0. The van der Waals surface area contributed by atoms with Gasteiger partial charge in [-0.3, -0.25) is 0 Å². The Hall–Kier alpha value is -5.40. The molecule has 0 atom stereocenters. The van der Waals surface area contributed by atoms with E-state index in [2.05, 4.69) is 6.07 Å². The summed E-state index contributed by atoms with van der Waals surface area (Å²) in [4.78, 5) is 0. The van der Waals surface area contributed by atoms with Gasteiger partial charge in [0.1, 0.15) is 11.2 Å². The number of hydrogen-bond donors (Lipinski definition) is 0. The molecular formula is C40H24O. The third-order valence-corrected chi connectivity index (χ3v) is 8.04. The van der Waals surface area contributed by atoms with Gasteiger partial charge >= 0.3 is 0 Å². The Kier molecular flexibility index (Phi) is 3.34. The SMILES string of the molecule is [2H]c1c([2H])c([2H])c2c(-c3ccc4oc5cc6ccccc6cc5c4c3)c3c([2H])c([2H])c([2H])c([2H])c3c(-c3ccc4ccccc4c3)c2c1[2H]. The van der Waals surface area contributed by atoms with Crippen LogP contribution in [-0.4, -0.2) is 0 Å². The number of benzene rings is 8. The zero-order valence-electron chi connectivity index (χ0n) is 29.6. The Morgan fingerprint density at radius 3 is 1.51 bits per heavy atom. The van der Waals surface area contributed by atoms with E-state index < -0.39 is 24.2 Å². The molecule has 0 aliphatic carbocycles. The number of fused-ring (bicyclic) bond motifs is 7. The molecule has 0 aliphatic heterocycles. The zero-order chi connectivity index (χ0) is 33.9. The zero-order valence-corrected chi connectivity index (χ0v) is 21.6. The summed E-state index contributed by atoms with van der Waals surface area (Å²) in [6, 6.07) is 28.1.